The van der Waals surface area contributed by atoms with E-state index in [-0.39, 0.29) is 65.4 Å². The molecule has 0 atom stereocenters. The molecule has 0 radical (unpaired) electrons. The normalized spacial score (nSPS) is 10.9. The van der Waals surface area contributed by atoms with Crippen LogP contribution >= 0.6 is 0 Å². The minimum Gasteiger partial charge on any atom is -0.0654 e. The van der Waals surface area contributed by atoms with E-state index in [0.717, 1.165) is 12.8 Å². The SMILES string of the molecule is CCCCc1ccc([S+](c2ccc(C)cc2)c2ccc(C)cc2)cc1.CCCc1ccc([S+](c2ccc(C)cc2)c2ccc(C)cc2)cc1.CCc1ccc([S+](c2ccc(C)cc2)c2ccc(C)cc2)cc1.Cc1ccc([S+](c2ccc(C)cc2)c2ccc(C)cc2)cc1.Cc1ccc([S+](c2ccccc2)c2ccccc2)cc1.c1ccc([S+](c2ccccc2)c2ccccc2)cc1. The molecule has 0 fully saturated rings. The average molecular weight is 1850 g/mol. The summed E-state index contributed by atoms with van der Waals surface area (Å²) in [6, 6.07) is 171. The van der Waals surface area contributed by atoms with Crippen molar-refractivity contribution in [2.75, 3.05) is 0 Å². The molecule has 0 aromatic heterocycles. The van der Waals surface area contributed by atoms with Gasteiger partial charge in [-0.05, 0) is 330 Å². The van der Waals surface area contributed by atoms with Gasteiger partial charge in [-0.1, -0.05) is 338 Å². The first kappa shape index (κ1) is 98.6. The van der Waals surface area contributed by atoms with Crippen molar-refractivity contribution in [2.45, 2.75) is 217 Å². The summed E-state index contributed by atoms with van der Waals surface area (Å²) in [7, 11) is -0.207. The van der Waals surface area contributed by atoms with Crippen LogP contribution in [0, 0.1) is 69.2 Å². The zero-order valence-corrected chi connectivity index (χ0v) is 84.5. The molecule has 0 unspecified atom stereocenters. The molecule has 0 bridgehead atoms. The molecule has 6 heteroatoms. The molecule has 0 saturated carbocycles. The summed E-state index contributed by atoms with van der Waals surface area (Å²) in [5, 5.41) is 0. The summed E-state index contributed by atoms with van der Waals surface area (Å²) in [6.07, 6.45) is 7.13. The largest absolute Gasteiger partial charge is 0.166 e. The summed E-state index contributed by atoms with van der Waals surface area (Å²) in [5.74, 6) is 0. The number of aryl methyl sites for hydroxylation is 13. The average Bonchev–Trinajstić information content (AvgIpc) is 0.927. The summed E-state index contributed by atoms with van der Waals surface area (Å²) < 4.78 is 0. The molecule has 0 aliphatic carbocycles. The van der Waals surface area contributed by atoms with Crippen LogP contribution in [-0.2, 0) is 84.6 Å². The first-order valence-corrected chi connectivity index (χ1v) is 53.9. The molecular weight excluding hydrogens is 1720 g/mol. The van der Waals surface area contributed by atoms with Crippen LogP contribution in [0.15, 0.2) is 555 Å². The van der Waals surface area contributed by atoms with Crippen molar-refractivity contribution in [3.8, 4) is 0 Å². The third-order valence-electron chi connectivity index (χ3n) is 22.7. The van der Waals surface area contributed by atoms with Gasteiger partial charge in [-0.2, -0.15) is 0 Å². The Labute approximate surface area is 814 Å². The van der Waals surface area contributed by atoms with Crippen molar-refractivity contribution in [3.63, 3.8) is 0 Å². The van der Waals surface area contributed by atoms with Gasteiger partial charge in [0.1, 0.15) is 0 Å². The molecule has 0 spiro atoms. The highest BCUT2D eigenvalue weighted by molar-refractivity contribution is 7.98. The van der Waals surface area contributed by atoms with Crippen molar-refractivity contribution in [1.82, 2.24) is 0 Å². The van der Waals surface area contributed by atoms with Crippen molar-refractivity contribution < 1.29 is 0 Å². The van der Waals surface area contributed by atoms with E-state index < -0.39 is 0 Å². The zero-order chi connectivity index (χ0) is 93.1. The molecule has 666 valence electrons. The van der Waals surface area contributed by atoms with Crippen LogP contribution in [0.2, 0.25) is 0 Å². The van der Waals surface area contributed by atoms with E-state index >= 15 is 0 Å². The van der Waals surface area contributed by atoms with Crippen molar-refractivity contribution in [1.29, 1.82) is 0 Å². The minimum atomic E-state index is -0.0452. The van der Waals surface area contributed by atoms with Gasteiger partial charge in [0.25, 0.3) is 0 Å². The maximum Gasteiger partial charge on any atom is 0.166 e. The topological polar surface area (TPSA) is 0 Å². The lowest BCUT2D eigenvalue weighted by Crippen LogP contribution is -2.05. The summed E-state index contributed by atoms with van der Waals surface area (Å²) in [6.45, 7) is 28.1. The van der Waals surface area contributed by atoms with Crippen LogP contribution in [0.25, 0.3) is 0 Å². The second kappa shape index (κ2) is 51.3. The van der Waals surface area contributed by atoms with Crippen molar-refractivity contribution in [2.24, 2.45) is 0 Å². The molecule has 18 rings (SSSR count). The Kier molecular flexibility index (Phi) is 38.0. The van der Waals surface area contributed by atoms with Crippen LogP contribution in [-0.4, -0.2) is 0 Å². The Balaban J connectivity index is 0.000000136. The Morgan fingerprint density at radius 1 is 0.128 bits per heavy atom. The van der Waals surface area contributed by atoms with E-state index in [0.29, 0.717) is 0 Å². The molecular formula is C127H128S6+6. The van der Waals surface area contributed by atoms with Gasteiger partial charge in [0.2, 0.25) is 0 Å². The fourth-order valence-electron chi connectivity index (χ4n) is 15.1. The Morgan fingerprint density at radius 3 is 0.391 bits per heavy atom. The van der Waals surface area contributed by atoms with Gasteiger partial charge in [0.05, 0.1) is 65.4 Å². The maximum absolute atomic E-state index is 2.33. The minimum absolute atomic E-state index is 0.0146. The lowest BCUT2D eigenvalue weighted by atomic mass is 10.1. The number of unbranched alkanes of at least 4 members (excludes halogenated alkanes) is 1. The molecule has 133 heavy (non-hydrogen) atoms. The zero-order valence-electron chi connectivity index (χ0n) is 79.6. The maximum atomic E-state index is 2.33. The molecule has 0 N–H and O–H groups in total. The molecule has 18 aromatic carbocycles. The second-order valence-corrected chi connectivity index (χ2v) is 45.8. The van der Waals surface area contributed by atoms with Crippen molar-refractivity contribution >= 4 is 65.4 Å². The highest BCUT2D eigenvalue weighted by Gasteiger charge is 2.35. The summed E-state index contributed by atoms with van der Waals surface area (Å²) in [4.78, 5) is 24.8. The van der Waals surface area contributed by atoms with Gasteiger partial charge in [0, 0.05) is 0 Å². The van der Waals surface area contributed by atoms with E-state index in [4.69, 9.17) is 0 Å². The van der Waals surface area contributed by atoms with Crippen LogP contribution < -0.4 is 0 Å². The summed E-state index contributed by atoms with van der Waals surface area (Å²) in [5.41, 5.74) is 17.3. The lowest BCUT2D eigenvalue weighted by Gasteiger charge is -2.09. The Hall–Kier alpha value is -11.9. The van der Waals surface area contributed by atoms with Crippen LogP contribution in [0.3, 0.4) is 0 Å². The van der Waals surface area contributed by atoms with Crippen LogP contribution in [0.1, 0.15) is 112 Å². The lowest BCUT2D eigenvalue weighted by molar-refractivity contribution is 0.794. The van der Waals surface area contributed by atoms with E-state index in [1.807, 2.05) is 0 Å². The van der Waals surface area contributed by atoms with Crippen molar-refractivity contribution in [3.05, 3.63) is 539 Å². The van der Waals surface area contributed by atoms with Gasteiger partial charge in [-0.25, -0.2) is 0 Å². The van der Waals surface area contributed by atoms with E-state index in [1.54, 1.807) is 0 Å². The molecule has 0 aliphatic heterocycles. The molecule has 0 heterocycles. The third-order valence-corrected chi connectivity index (χ3v) is 36.1. The molecule has 18 aromatic rings. The standard InChI is InChI=1S/C24H27S.C23H25S.C22H23S.C21H21S.C19H17S.C18H15S/c1-4-5-6-21-11-17-24(18-12-21)25(22-13-7-19(2)8-14-22)23-15-9-20(3)10-16-23;1-4-5-20-10-16-23(17-11-20)24(21-12-6-18(2)7-13-21)22-14-8-19(3)9-15-22;1-4-19-9-15-22(16-10-19)23(20-11-5-17(2)6-12-20)21-13-7-18(3)8-14-21;1-16-4-10-19(11-5-16)22(20-12-6-17(2)7-13-20)21-14-8-18(3)9-15-21;1-16-12-14-19(15-13-16)20(17-8-4-2-5-9-17)18-10-6-3-7-11-18;1-4-10-16(11-5-1)19(17-12-6-2-7-13-17)18-14-8-3-9-15-18/h7-18H,4-6H2,1-3H3;6-17H,4-5H2,1-3H3;5-16H,4H2,1-3H3;4-15H,1-3H3;2-15H,1H3;1-15H/q6*+1. The Bertz CT molecular complexity index is 6010. The molecule has 0 nitrogen and oxygen atoms in total. The smallest absolute Gasteiger partial charge is 0.0654 e. The van der Waals surface area contributed by atoms with Crippen LogP contribution in [0.4, 0.5) is 0 Å². The van der Waals surface area contributed by atoms with Gasteiger partial charge < -0.3 is 0 Å². The second-order valence-electron chi connectivity index (χ2n) is 33.7. The van der Waals surface area contributed by atoms with E-state index in [1.165, 1.54) is 186 Å². The number of hydrogen-bond donors (Lipinski definition) is 0. The van der Waals surface area contributed by atoms with Gasteiger partial charge in [0.15, 0.2) is 88.1 Å². The van der Waals surface area contributed by atoms with Gasteiger partial charge in [-0.15, -0.1) is 0 Å². The van der Waals surface area contributed by atoms with E-state index in [2.05, 4.69) is 557 Å². The number of hydrogen-bond acceptors (Lipinski definition) is 0. The van der Waals surface area contributed by atoms with Gasteiger partial charge >= 0.3 is 0 Å². The third kappa shape index (κ3) is 29.3. The van der Waals surface area contributed by atoms with Crippen LogP contribution in [0.5, 0.6) is 0 Å². The first-order chi connectivity index (χ1) is 64.9. The molecule has 0 saturated heterocycles. The fourth-order valence-corrected chi connectivity index (χ4v) is 27.4. The summed E-state index contributed by atoms with van der Waals surface area (Å²) >= 11 is 0. The number of rotatable bonds is 24. The predicted octanol–water partition coefficient (Wildman–Crippen LogP) is 34.6. The monoisotopic (exact) mass is 1840 g/mol. The Morgan fingerprint density at radius 2 is 0.256 bits per heavy atom. The van der Waals surface area contributed by atoms with Gasteiger partial charge in [-0.3, -0.25) is 0 Å². The first-order valence-electron chi connectivity index (χ1n) is 46.6. The number of benzene rings is 18. The van der Waals surface area contributed by atoms with E-state index in [9.17, 15) is 0 Å². The molecule has 0 amide bonds. The highest BCUT2D eigenvalue weighted by Crippen LogP contribution is 2.39. The highest BCUT2D eigenvalue weighted by atomic mass is 32.2. The molecule has 0 aliphatic rings. The quantitative estimate of drug-likeness (QED) is 0.0529. The fraction of sp³-hybridized carbons (Fsp3) is 0.150. The predicted molar refractivity (Wildman–Crippen MR) is 578 cm³/mol.